The van der Waals surface area contributed by atoms with E-state index in [9.17, 15) is 14.7 Å². The minimum Gasteiger partial charge on any atom is -0.868 e. The zero-order valence-corrected chi connectivity index (χ0v) is 19.5. The molecule has 0 aliphatic carbocycles. The van der Waals surface area contributed by atoms with Gasteiger partial charge < -0.3 is 19.2 Å². The van der Waals surface area contributed by atoms with E-state index < -0.39 is 23.5 Å². The van der Waals surface area contributed by atoms with Gasteiger partial charge in [0.05, 0.1) is 19.7 Å². The van der Waals surface area contributed by atoms with Gasteiger partial charge >= 0.3 is 0 Å². The Morgan fingerprint density at radius 2 is 2.03 bits per heavy atom. The van der Waals surface area contributed by atoms with Crippen molar-refractivity contribution in [1.29, 1.82) is 0 Å². The second-order valence-corrected chi connectivity index (χ2v) is 8.58. The minimum atomic E-state index is -0.790. The Labute approximate surface area is 202 Å². The fourth-order valence-electron chi connectivity index (χ4n) is 4.52. The molecule has 5 rings (SSSR count). The van der Waals surface area contributed by atoms with Gasteiger partial charge in [-0.15, -0.1) is 0 Å². The van der Waals surface area contributed by atoms with E-state index in [-0.39, 0.29) is 11.3 Å². The van der Waals surface area contributed by atoms with Gasteiger partial charge in [-0.2, -0.15) is 0 Å². The van der Waals surface area contributed by atoms with E-state index in [1.54, 1.807) is 24.3 Å². The standard InChI is InChI=1S/C27H25N3O5/c1-17-7-9-18(10-8-17)23-22(24(31)21-15-19-5-3-6-20(34-2)26(19)35-21)25(32)27(33)30(23)13-4-12-29-14-11-28-16-29/h3,5-11,14-16,23H,4,12-13H2,1-2H3,(H,31,32). The summed E-state index contributed by atoms with van der Waals surface area (Å²) >= 11 is 0. The number of para-hydroxylation sites is 1. The van der Waals surface area contributed by atoms with Crippen LogP contribution in [0.1, 0.15) is 34.1 Å². The molecule has 4 aromatic rings. The number of aromatic nitrogens is 2. The van der Waals surface area contributed by atoms with Gasteiger partial charge in [0.1, 0.15) is 12.4 Å². The first kappa shape index (κ1) is 22.5. The van der Waals surface area contributed by atoms with Gasteiger partial charge in [0, 0.05) is 23.9 Å². The van der Waals surface area contributed by atoms with Crippen LogP contribution in [0.2, 0.25) is 0 Å². The topological polar surface area (TPSA) is 102 Å². The number of carbonyl (C=O) groups is 2. The Kier molecular flexibility index (Phi) is 5.86. The molecular formula is C27H25N3O5. The van der Waals surface area contributed by atoms with Crippen molar-refractivity contribution in [2.75, 3.05) is 13.7 Å². The normalized spacial score (nSPS) is 15.9. The SMILES string of the molecule is COc1cccc2cc(C(=O)C3=C([O-])C(=O)N(CCC[n+]4cc[nH]c4)C3c3ccc(C)cc3)oc12. The summed E-state index contributed by atoms with van der Waals surface area (Å²) in [5.74, 6) is -1.56. The van der Waals surface area contributed by atoms with Crippen molar-refractivity contribution in [1.82, 2.24) is 9.88 Å². The van der Waals surface area contributed by atoms with Crippen LogP contribution < -0.4 is 14.4 Å². The van der Waals surface area contributed by atoms with Gasteiger partial charge in [0.2, 0.25) is 18.0 Å². The van der Waals surface area contributed by atoms with E-state index in [0.29, 0.717) is 41.8 Å². The van der Waals surface area contributed by atoms with E-state index in [1.807, 2.05) is 54.5 Å². The molecule has 0 radical (unpaired) electrons. The fraction of sp³-hybridized carbons (Fsp3) is 0.222. The Morgan fingerprint density at radius 1 is 1.23 bits per heavy atom. The van der Waals surface area contributed by atoms with Crippen LogP contribution in [-0.2, 0) is 11.3 Å². The highest BCUT2D eigenvalue weighted by atomic mass is 16.5. The number of aryl methyl sites for hydroxylation is 2. The second-order valence-electron chi connectivity index (χ2n) is 8.58. The van der Waals surface area contributed by atoms with Gasteiger partial charge in [-0.25, -0.2) is 4.57 Å². The average molecular weight is 472 g/mol. The molecule has 178 valence electrons. The van der Waals surface area contributed by atoms with Crippen LogP contribution in [0, 0.1) is 6.92 Å². The van der Waals surface area contributed by atoms with Crippen LogP contribution in [0.25, 0.3) is 11.0 Å². The molecule has 8 heteroatoms. The lowest BCUT2D eigenvalue weighted by atomic mass is 9.94. The second kappa shape index (κ2) is 9.13. The molecule has 0 bridgehead atoms. The summed E-state index contributed by atoms with van der Waals surface area (Å²) in [5, 5.41) is 13.9. The summed E-state index contributed by atoms with van der Waals surface area (Å²) in [5.41, 5.74) is 2.08. The number of ether oxygens (including phenoxy) is 1. The summed E-state index contributed by atoms with van der Waals surface area (Å²) < 4.78 is 13.1. The maximum Gasteiger partial charge on any atom is 0.241 e. The third-order valence-electron chi connectivity index (χ3n) is 6.29. The Balaban J connectivity index is 1.51. The van der Waals surface area contributed by atoms with Crippen LogP contribution in [0.3, 0.4) is 0 Å². The monoisotopic (exact) mass is 471 g/mol. The summed E-state index contributed by atoms with van der Waals surface area (Å²) in [6.45, 7) is 2.94. The lowest BCUT2D eigenvalue weighted by molar-refractivity contribution is -0.695. The minimum absolute atomic E-state index is 0.00231. The van der Waals surface area contributed by atoms with Crippen molar-refractivity contribution < 1.29 is 28.4 Å². The van der Waals surface area contributed by atoms with Gasteiger partial charge in [0.25, 0.3) is 0 Å². The number of imidazole rings is 1. The predicted molar refractivity (Wildman–Crippen MR) is 125 cm³/mol. The molecule has 0 spiro atoms. The number of H-pyrrole nitrogens is 1. The maximum absolute atomic E-state index is 13.6. The molecule has 1 amide bonds. The number of nitrogens with zero attached hydrogens (tertiary/aromatic N) is 2. The van der Waals surface area contributed by atoms with Gasteiger partial charge in [-0.05, 0) is 30.4 Å². The molecule has 0 saturated carbocycles. The predicted octanol–water partition coefficient (Wildman–Crippen LogP) is 2.84. The van der Waals surface area contributed by atoms with E-state index in [4.69, 9.17) is 9.15 Å². The molecule has 2 aromatic heterocycles. The van der Waals surface area contributed by atoms with Gasteiger partial charge in [-0.3, -0.25) is 14.6 Å². The molecule has 8 nitrogen and oxygen atoms in total. The molecule has 1 aliphatic rings. The Hall–Kier alpha value is -4.33. The van der Waals surface area contributed by atoms with Crippen LogP contribution in [0.4, 0.5) is 0 Å². The highest BCUT2D eigenvalue weighted by Crippen LogP contribution is 2.39. The number of aromatic amines is 1. The van der Waals surface area contributed by atoms with Crippen molar-refractivity contribution in [2.24, 2.45) is 0 Å². The lowest BCUT2D eigenvalue weighted by Crippen LogP contribution is -2.37. The number of benzene rings is 2. The van der Waals surface area contributed by atoms with E-state index in [0.717, 1.165) is 5.56 Å². The first-order valence-electron chi connectivity index (χ1n) is 11.4. The molecular weight excluding hydrogens is 446 g/mol. The molecule has 3 heterocycles. The smallest absolute Gasteiger partial charge is 0.241 e. The Bertz CT molecular complexity index is 1420. The first-order chi connectivity index (χ1) is 17.0. The number of hydrogen-bond acceptors (Lipinski definition) is 5. The van der Waals surface area contributed by atoms with Crippen molar-refractivity contribution in [3.8, 4) is 5.75 Å². The number of nitrogens with one attached hydrogen (secondary N) is 1. The molecule has 1 N–H and O–H groups in total. The largest absolute Gasteiger partial charge is 0.868 e. The van der Waals surface area contributed by atoms with Crippen LogP contribution in [0.15, 0.2) is 83.0 Å². The van der Waals surface area contributed by atoms with Gasteiger partial charge in [-0.1, -0.05) is 42.0 Å². The number of hydrogen-bond donors (Lipinski definition) is 1. The summed E-state index contributed by atoms with van der Waals surface area (Å²) in [4.78, 5) is 31.2. The number of ketones is 1. The molecule has 0 saturated heterocycles. The Morgan fingerprint density at radius 3 is 2.74 bits per heavy atom. The van der Waals surface area contributed by atoms with E-state index in [2.05, 4.69) is 4.98 Å². The molecule has 2 aromatic carbocycles. The van der Waals surface area contributed by atoms with Crippen LogP contribution in [-0.4, -0.2) is 35.2 Å². The lowest BCUT2D eigenvalue weighted by Gasteiger charge is -2.27. The molecule has 1 aliphatic heterocycles. The fourth-order valence-corrected chi connectivity index (χ4v) is 4.52. The number of methoxy groups -OCH3 is 1. The molecule has 1 atom stereocenters. The zero-order valence-electron chi connectivity index (χ0n) is 19.5. The maximum atomic E-state index is 13.6. The number of furan rings is 1. The highest BCUT2D eigenvalue weighted by Gasteiger charge is 2.40. The van der Waals surface area contributed by atoms with Crippen molar-refractivity contribution in [3.05, 3.63) is 95.5 Å². The van der Waals surface area contributed by atoms with Crippen LogP contribution >= 0.6 is 0 Å². The summed E-state index contributed by atoms with van der Waals surface area (Å²) in [6, 6.07) is 13.7. The number of Topliss-reactive ketones (excluding diaryl/α,β-unsaturated/α-hetero) is 1. The third kappa shape index (κ3) is 4.07. The van der Waals surface area contributed by atoms with E-state index in [1.165, 1.54) is 12.0 Å². The molecule has 35 heavy (non-hydrogen) atoms. The number of fused-ring (bicyclic) bond motifs is 1. The zero-order chi connectivity index (χ0) is 24.5. The quantitative estimate of drug-likeness (QED) is 0.315. The number of amides is 1. The average Bonchev–Trinajstić information content (AvgIpc) is 3.59. The van der Waals surface area contributed by atoms with Crippen molar-refractivity contribution >= 4 is 22.7 Å². The van der Waals surface area contributed by atoms with Crippen LogP contribution in [0.5, 0.6) is 5.75 Å². The highest BCUT2D eigenvalue weighted by molar-refractivity contribution is 6.15. The van der Waals surface area contributed by atoms with Crippen molar-refractivity contribution in [2.45, 2.75) is 25.9 Å². The summed E-state index contributed by atoms with van der Waals surface area (Å²) in [6.07, 6.45) is 6.15. The number of rotatable bonds is 8. The number of carbonyl (C=O) groups excluding carboxylic acids is 2. The molecule has 0 fully saturated rings. The van der Waals surface area contributed by atoms with Gasteiger partial charge in [0.15, 0.2) is 17.1 Å². The molecule has 1 unspecified atom stereocenters. The van der Waals surface area contributed by atoms with Crippen molar-refractivity contribution in [3.63, 3.8) is 0 Å². The summed E-state index contributed by atoms with van der Waals surface area (Å²) in [7, 11) is 1.52. The van der Waals surface area contributed by atoms with E-state index >= 15 is 0 Å². The first-order valence-corrected chi connectivity index (χ1v) is 11.4. The third-order valence-corrected chi connectivity index (χ3v) is 6.29.